The summed E-state index contributed by atoms with van der Waals surface area (Å²) in [5, 5.41) is 18.2. The number of carbonyl (C=O) groups excluding carboxylic acids is 1. The molecular weight excluding hydrogens is 350 g/mol. The molecule has 1 aliphatic rings. The van der Waals surface area contributed by atoms with Crippen LogP contribution in [-0.4, -0.2) is 45.0 Å². The summed E-state index contributed by atoms with van der Waals surface area (Å²) in [6, 6.07) is 4.81. The molecule has 1 heterocycles. The van der Waals surface area contributed by atoms with Crippen LogP contribution in [0.25, 0.3) is 6.08 Å². The fourth-order valence-electron chi connectivity index (χ4n) is 2.17. The van der Waals surface area contributed by atoms with Crippen LogP contribution < -0.4 is 4.74 Å². The van der Waals surface area contributed by atoms with E-state index in [-0.39, 0.29) is 18.1 Å². The van der Waals surface area contributed by atoms with E-state index in [2.05, 4.69) is 0 Å². The van der Waals surface area contributed by atoms with Crippen molar-refractivity contribution in [1.29, 1.82) is 0 Å². The molecule has 0 spiro atoms. The molecule has 1 aromatic rings. The van der Waals surface area contributed by atoms with E-state index >= 15 is 0 Å². The van der Waals surface area contributed by atoms with Crippen LogP contribution in [0.2, 0.25) is 0 Å². The number of phenolic OH excluding ortho intramolecular Hbond substituents is 1. The number of carboxylic acids is 1. The van der Waals surface area contributed by atoms with E-state index in [1.165, 1.54) is 29.8 Å². The highest BCUT2D eigenvalue weighted by Crippen LogP contribution is 2.34. The molecule has 6 nitrogen and oxygen atoms in total. The zero-order chi connectivity index (χ0) is 17.7. The molecule has 0 aliphatic carbocycles. The zero-order valence-corrected chi connectivity index (χ0v) is 14.7. The number of carboxylic acid groups (broad SMARTS) is 1. The maximum Gasteiger partial charge on any atom is 0.303 e. The number of phenols is 1. The number of nitrogens with zero attached hydrogens (tertiary/aromatic N) is 1. The molecule has 0 bridgehead atoms. The van der Waals surface area contributed by atoms with Crippen LogP contribution in [0.4, 0.5) is 0 Å². The molecule has 1 aromatic carbocycles. The summed E-state index contributed by atoms with van der Waals surface area (Å²) in [6.45, 7) is 0.411. The normalized spacial score (nSPS) is 16.0. The Kier molecular flexibility index (Phi) is 6.22. The molecule has 0 unspecified atom stereocenters. The minimum atomic E-state index is -0.846. The van der Waals surface area contributed by atoms with Crippen molar-refractivity contribution >= 4 is 46.3 Å². The number of thiocarbonyl (C=S) groups is 1. The van der Waals surface area contributed by atoms with Crippen LogP contribution in [-0.2, 0) is 9.59 Å². The Hall–Kier alpha value is -2.06. The summed E-state index contributed by atoms with van der Waals surface area (Å²) in [7, 11) is 1.45. The monoisotopic (exact) mass is 367 g/mol. The summed E-state index contributed by atoms with van der Waals surface area (Å²) in [6.07, 6.45) is 2.86. The van der Waals surface area contributed by atoms with Gasteiger partial charge >= 0.3 is 5.97 Å². The van der Waals surface area contributed by atoms with Gasteiger partial charge in [0.25, 0.3) is 5.91 Å². The Labute approximate surface area is 149 Å². The van der Waals surface area contributed by atoms with Gasteiger partial charge in [0.1, 0.15) is 4.32 Å². The highest BCUT2D eigenvalue weighted by atomic mass is 32.2. The number of hydrogen-bond donors (Lipinski definition) is 2. The van der Waals surface area contributed by atoms with Gasteiger partial charge in [0.05, 0.1) is 12.0 Å². The largest absolute Gasteiger partial charge is 0.504 e. The molecule has 1 amide bonds. The third kappa shape index (κ3) is 4.48. The fraction of sp³-hybridized carbons (Fsp3) is 0.312. The first-order valence-electron chi connectivity index (χ1n) is 7.26. The van der Waals surface area contributed by atoms with Crippen molar-refractivity contribution < 1.29 is 24.5 Å². The fourth-order valence-corrected chi connectivity index (χ4v) is 3.48. The average molecular weight is 367 g/mol. The van der Waals surface area contributed by atoms with Gasteiger partial charge in [-0.1, -0.05) is 30.0 Å². The Morgan fingerprint density at radius 3 is 2.83 bits per heavy atom. The lowest BCUT2D eigenvalue weighted by molar-refractivity contribution is -0.137. The second kappa shape index (κ2) is 8.16. The number of thioether (sulfide) groups is 1. The minimum absolute atomic E-state index is 0.0284. The van der Waals surface area contributed by atoms with Crippen molar-refractivity contribution in [3.8, 4) is 11.5 Å². The van der Waals surface area contributed by atoms with Gasteiger partial charge in [-0.2, -0.15) is 0 Å². The van der Waals surface area contributed by atoms with E-state index in [1.807, 2.05) is 0 Å². The molecule has 128 valence electrons. The number of ether oxygens (including phenoxy) is 1. The van der Waals surface area contributed by atoms with E-state index in [9.17, 15) is 14.7 Å². The van der Waals surface area contributed by atoms with Crippen molar-refractivity contribution in [1.82, 2.24) is 4.90 Å². The van der Waals surface area contributed by atoms with Crippen molar-refractivity contribution in [2.75, 3.05) is 13.7 Å². The zero-order valence-electron chi connectivity index (χ0n) is 13.0. The number of aromatic hydroxyl groups is 1. The lowest BCUT2D eigenvalue weighted by atomic mass is 10.2. The predicted octanol–water partition coefficient (Wildman–Crippen LogP) is 2.86. The molecule has 24 heavy (non-hydrogen) atoms. The van der Waals surface area contributed by atoms with Gasteiger partial charge < -0.3 is 14.9 Å². The Balaban J connectivity index is 2.06. The number of rotatable bonds is 7. The Morgan fingerprint density at radius 2 is 2.17 bits per heavy atom. The van der Waals surface area contributed by atoms with Crippen molar-refractivity contribution in [3.05, 3.63) is 28.7 Å². The molecule has 0 saturated carbocycles. The summed E-state index contributed by atoms with van der Waals surface area (Å²) in [5.74, 6) is -0.678. The van der Waals surface area contributed by atoms with Crippen LogP contribution in [0, 0.1) is 0 Å². The number of unbranched alkanes of at least 4 members (excludes halogenated alkanes) is 1. The van der Waals surface area contributed by atoms with Gasteiger partial charge in [-0.3, -0.25) is 14.5 Å². The first-order valence-corrected chi connectivity index (χ1v) is 8.49. The molecule has 1 fully saturated rings. The molecular formula is C16H17NO5S2. The van der Waals surface area contributed by atoms with Crippen LogP contribution >= 0.6 is 24.0 Å². The highest BCUT2D eigenvalue weighted by Gasteiger charge is 2.31. The maximum atomic E-state index is 12.4. The topological polar surface area (TPSA) is 87.1 Å². The molecule has 0 atom stereocenters. The molecule has 0 radical (unpaired) electrons. The molecule has 1 saturated heterocycles. The van der Waals surface area contributed by atoms with Gasteiger partial charge in [0.2, 0.25) is 0 Å². The molecule has 1 aliphatic heterocycles. The van der Waals surface area contributed by atoms with Gasteiger partial charge in [0.15, 0.2) is 11.5 Å². The summed E-state index contributed by atoms with van der Waals surface area (Å²) < 4.78 is 5.51. The van der Waals surface area contributed by atoms with E-state index in [0.29, 0.717) is 34.4 Å². The molecule has 2 rings (SSSR count). The van der Waals surface area contributed by atoms with Gasteiger partial charge in [0, 0.05) is 13.0 Å². The average Bonchev–Trinajstić information content (AvgIpc) is 2.80. The van der Waals surface area contributed by atoms with Crippen molar-refractivity contribution in [2.24, 2.45) is 0 Å². The first kappa shape index (κ1) is 18.3. The van der Waals surface area contributed by atoms with Crippen LogP contribution in [0.15, 0.2) is 23.1 Å². The maximum absolute atomic E-state index is 12.4. The third-order valence-electron chi connectivity index (χ3n) is 3.40. The minimum Gasteiger partial charge on any atom is -0.504 e. The molecule has 2 N–H and O–H groups in total. The quantitative estimate of drug-likeness (QED) is 0.435. The highest BCUT2D eigenvalue weighted by molar-refractivity contribution is 8.26. The van der Waals surface area contributed by atoms with Crippen molar-refractivity contribution in [3.63, 3.8) is 0 Å². The number of amides is 1. The smallest absolute Gasteiger partial charge is 0.303 e. The van der Waals surface area contributed by atoms with Crippen LogP contribution in [0.5, 0.6) is 11.5 Å². The van der Waals surface area contributed by atoms with Gasteiger partial charge in [-0.05, 0) is 36.6 Å². The number of carbonyl (C=O) groups is 2. The summed E-state index contributed by atoms with van der Waals surface area (Å²) >= 11 is 6.44. The SMILES string of the molecule is COc1cc(C=C2SC(=S)N(CCCCC(=O)O)C2=O)ccc1O. The number of aliphatic carboxylic acids is 1. The standard InChI is InChI=1S/C16H17NO5S2/c1-22-12-8-10(5-6-11(12)18)9-13-15(21)17(16(23)24-13)7-3-2-4-14(19)20/h5-6,8-9,18H,2-4,7H2,1H3,(H,19,20). The predicted molar refractivity (Wildman–Crippen MR) is 96.0 cm³/mol. The number of methoxy groups -OCH3 is 1. The Morgan fingerprint density at radius 1 is 1.42 bits per heavy atom. The molecule has 0 aromatic heterocycles. The lowest BCUT2D eigenvalue weighted by Crippen LogP contribution is -2.29. The van der Waals surface area contributed by atoms with E-state index in [1.54, 1.807) is 18.2 Å². The second-order valence-electron chi connectivity index (χ2n) is 5.12. The Bertz CT molecular complexity index is 702. The van der Waals surface area contributed by atoms with Gasteiger partial charge in [-0.15, -0.1) is 0 Å². The first-order chi connectivity index (χ1) is 11.4. The van der Waals surface area contributed by atoms with Crippen LogP contribution in [0.1, 0.15) is 24.8 Å². The summed E-state index contributed by atoms with van der Waals surface area (Å²) in [5.41, 5.74) is 0.719. The third-order valence-corrected chi connectivity index (χ3v) is 4.78. The van der Waals surface area contributed by atoms with Crippen molar-refractivity contribution in [2.45, 2.75) is 19.3 Å². The van der Waals surface area contributed by atoms with Gasteiger partial charge in [-0.25, -0.2) is 0 Å². The number of hydrogen-bond acceptors (Lipinski definition) is 6. The van der Waals surface area contributed by atoms with E-state index in [0.717, 1.165) is 5.56 Å². The van der Waals surface area contributed by atoms with E-state index in [4.69, 9.17) is 22.1 Å². The lowest BCUT2D eigenvalue weighted by Gasteiger charge is -2.13. The molecule has 8 heteroatoms. The summed E-state index contributed by atoms with van der Waals surface area (Å²) in [4.78, 5) is 24.9. The van der Waals surface area contributed by atoms with E-state index < -0.39 is 5.97 Å². The second-order valence-corrected chi connectivity index (χ2v) is 6.79. The van der Waals surface area contributed by atoms with Crippen LogP contribution in [0.3, 0.4) is 0 Å². The number of benzene rings is 1.